The molecule has 1 aromatic heterocycles. The van der Waals surface area contributed by atoms with Crippen molar-refractivity contribution in [2.75, 3.05) is 0 Å². The van der Waals surface area contributed by atoms with Crippen LogP contribution in [0.4, 0.5) is 0 Å². The van der Waals surface area contributed by atoms with Crippen LogP contribution in [0, 0.1) is 0 Å². The Morgan fingerprint density at radius 2 is 2.40 bits per heavy atom. The highest BCUT2D eigenvalue weighted by molar-refractivity contribution is 6.11. The lowest BCUT2D eigenvalue weighted by molar-refractivity contribution is -0.113. The van der Waals surface area contributed by atoms with E-state index in [-0.39, 0.29) is 5.70 Å². The van der Waals surface area contributed by atoms with Crippen molar-refractivity contribution in [1.82, 2.24) is 15.0 Å². The highest BCUT2D eigenvalue weighted by atomic mass is 16.1. The first-order valence-electron chi connectivity index (χ1n) is 2.57. The van der Waals surface area contributed by atoms with Gasteiger partial charge in [-0.25, -0.2) is 4.68 Å². The summed E-state index contributed by atoms with van der Waals surface area (Å²) in [6.45, 7) is 3.38. The number of rotatable bonds is 2. The lowest BCUT2D eigenvalue weighted by Crippen LogP contribution is -2.16. The Morgan fingerprint density at radius 1 is 1.70 bits per heavy atom. The molecular weight excluding hydrogens is 132 g/mol. The molecule has 5 nitrogen and oxygen atoms in total. The number of carbonyl (C=O) groups is 1. The summed E-state index contributed by atoms with van der Waals surface area (Å²) in [4.78, 5) is 10.4. The maximum atomic E-state index is 10.4. The predicted octanol–water partition coefficient (Wildman–Crippen LogP) is -0.766. The molecule has 0 radical (unpaired) electrons. The summed E-state index contributed by atoms with van der Waals surface area (Å²) in [6, 6.07) is 0. The molecule has 0 fully saturated rings. The summed E-state index contributed by atoms with van der Waals surface area (Å²) in [5.41, 5.74) is 5.01. The second-order valence-electron chi connectivity index (χ2n) is 1.66. The van der Waals surface area contributed by atoms with Crippen molar-refractivity contribution in [2.45, 2.75) is 0 Å². The van der Waals surface area contributed by atoms with Crippen LogP contribution in [0.2, 0.25) is 0 Å². The number of nitrogens with two attached hydrogens (primary N) is 1. The quantitative estimate of drug-likeness (QED) is 0.545. The fourth-order valence-corrected chi connectivity index (χ4v) is 0.465. The van der Waals surface area contributed by atoms with Crippen LogP contribution in [0.15, 0.2) is 19.0 Å². The monoisotopic (exact) mass is 138 g/mol. The third-order valence-corrected chi connectivity index (χ3v) is 0.984. The SMILES string of the molecule is C=C(C(N)=O)n1ccnn1. The van der Waals surface area contributed by atoms with E-state index in [1.807, 2.05) is 0 Å². The molecule has 1 heterocycles. The lowest BCUT2D eigenvalue weighted by Gasteiger charge is -1.96. The first-order chi connectivity index (χ1) is 4.72. The van der Waals surface area contributed by atoms with Gasteiger partial charge in [0.15, 0.2) is 0 Å². The van der Waals surface area contributed by atoms with E-state index in [2.05, 4.69) is 16.9 Å². The van der Waals surface area contributed by atoms with Gasteiger partial charge in [-0.1, -0.05) is 11.8 Å². The third kappa shape index (κ3) is 1.02. The Kier molecular flexibility index (Phi) is 1.49. The van der Waals surface area contributed by atoms with Crippen molar-refractivity contribution in [3.63, 3.8) is 0 Å². The van der Waals surface area contributed by atoms with Gasteiger partial charge in [-0.15, -0.1) is 5.10 Å². The maximum absolute atomic E-state index is 10.4. The van der Waals surface area contributed by atoms with Crippen molar-refractivity contribution >= 4 is 11.6 Å². The van der Waals surface area contributed by atoms with Crippen LogP contribution >= 0.6 is 0 Å². The largest absolute Gasteiger partial charge is 0.364 e. The summed E-state index contributed by atoms with van der Waals surface area (Å²) >= 11 is 0. The molecule has 5 heteroatoms. The molecule has 10 heavy (non-hydrogen) atoms. The molecule has 1 rings (SSSR count). The molecular formula is C5H6N4O. The molecule has 1 aromatic rings. The van der Waals surface area contributed by atoms with E-state index in [1.54, 1.807) is 0 Å². The minimum Gasteiger partial charge on any atom is -0.364 e. The lowest BCUT2D eigenvalue weighted by atomic mass is 10.5. The molecule has 0 aliphatic heterocycles. The van der Waals surface area contributed by atoms with E-state index in [1.165, 1.54) is 17.1 Å². The smallest absolute Gasteiger partial charge is 0.266 e. The van der Waals surface area contributed by atoms with Crippen LogP contribution in [0.25, 0.3) is 5.70 Å². The van der Waals surface area contributed by atoms with Crippen molar-refractivity contribution in [2.24, 2.45) is 5.73 Å². The second kappa shape index (κ2) is 2.30. The average molecular weight is 138 g/mol. The molecule has 0 aromatic carbocycles. The van der Waals surface area contributed by atoms with E-state index in [4.69, 9.17) is 5.73 Å². The first kappa shape index (κ1) is 6.47. The van der Waals surface area contributed by atoms with E-state index in [0.29, 0.717) is 0 Å². The van der Waals surface area contributed by atoms with Gasteiger partial charge < -0.3 is 5.73 Å². The third-order valence-electron chi connectivity index (χ3n) is 0.984. The molecule has 0 saturated heterocycles. The Labute approximate surface area is 57.1 Å². The zero-order valence-electron chi connectivity index (χ0n) is 5.19. The van der Waals surface area contributed by atoms with Gasteiger partial charge in [0, 0.05) is 0 Å². The normalized spacial score (nSPS) is 9.20. The van der Waals surface area contributed by atoms with Gasteiger partial charge in [-0.05, 0) is 0 Å². The molecule has 2 N–H and O–H groups in total. The molecule has 0 aliphatic carbocycles. The van der Waals surface area contributed by atoms with Gasteiger partial charge in [-0.3, -0.25) is 4.79 Å². The Morgan fingerprint density at radius 3 is 2.80 bits per heavy atom. The minimum absolute atomic E-state index is 0.109. The molecule has 0 aliphatic rings. The van der Waals surface area contributed by atoms with Crippen molar-refractivity contribution in [3.8, 4) is 0 Å². The predicted molar refractivity (Wildman–Crippen MR) is 34.5 cm³/mol. The van der Waals surface area contributed by atoms with Crippen LogP contribution in [0.5, 0.6) is 0 Å². The molecule has 0 atom stereocenters. The molecule has 0 bridgehead atoms. The molecule has 52 valence electrons. The number of aromatic nitrogens is 3. The summed E-state index contributed by atoms with van der Waals surface area (Å²) in [5, 5.41) is 6.97. The van der Waals surface area contributed by atoms with Crippen LogP contribution in [-0.4, -0.2) is 20.9 Å². The summed E-state index contributed by atoms with van der Waals surface area (Å²) in [5.74, 6) is -0.606. The van der Waals surface area contributed by atoms with Crippen LogP contribution in [0.3, 0.4) is 0 Å². The fourth-order valence-electron chi connectivity index (χ4n) is 0.465. The van der Waals surface area contributed by atoms with Crippen molar-refractivity contribution < 1.29 is 4.79 Å². The highest BCUT2D eigenvalue weighted by Crippen LogP contribution is 1.93. The number of amides is 1. The van der Waals surface area contributed by atoms with Crippen LogP contribution in [-0.2, 0) is 4.79 Å². The van der Waals surface area contributed by atoms with Crippen molar-refractivity contribution in [1.29, 1.82) is 0 Å². The molecule has 1 amide bonds. The highest BCUT2D eigenvalue weighted by Gasteiger charge is 2.02. The van der Waals surface area contributed by atoms with Crippen molar-refractivity contribution in [3.05, 3.63) is 19.0 Å². The van der Waals surface area contributed by atoms with Gasteiger partial charge in [-0.2, -0.15) is 0 Å². The summed E-state index contributed by atoms with van der Waals surface area (Å²) in [6.07, 6.45) is 2.93. The number of primary amides is 1. The molecule has 0 unspecified atom stereocenters. The summed E-state index contributed by atoms with van der Waals surface area (Å²) in [7, 11) is 0. The average Bonchev–Trinajstić information content (AvgIpc) is 2.36. The number of hydrogen-bond donors (Lipinski definition) is 1. The van der Waals surface area contributed by atoms with E-state index in [9.17, 15) is 4.79 Å². The Hall–Kier alpha value is -1.65. The molecule has 0 saturated carbocycles. The maximum Gasteiger partial charge on any atom is 0.266 e. The Bertz CT molecular complexity index is 251. The van der Waals surface area contributed by atoms with Gasteiger partial charge in [0.2, 0.25) is 0 Å². The second-order valence-corrected chi connectivity index (χ2v) is 1.66. The van der Waals surface area contributed by atoms with E-state index >= 15 is 0 Å². The minimum atomic E-state index is -0.606. The number of nitrogens with zero attached hydrogens (tertiary/aromatic N) is 3. The zero-order valence-corrected chi connectivity index (χ0v) is 5.19. The Balaban J connectivity index is 2.88. The number of carbonyl (C=O) groups excluding carboxylic acids is 1. The van der Waals surface area contributed by atoms with Crippen LogP contribution in [0.1, 0.15) is 0 Å². The van der Waals surface area contributed by atoms with Gasteiger partial charge in [0.25, 0.3) is 5.91 Å². The van der Waals surface area contributed by atoms with E-state index < -0.39 is 5.91 Å². The number of hydrogen-bond acceptors (Lipinski definition) is 3. The van der Waals surface area contributed by atoms with Gasteiger partial charge >= 0.3 is 0 Å². The first-order valence-corrected chi connectivity index (χ1v) is 2.57. The fraction of sp³-hybridized carbons (Fsp3) is 0. The molecule has 0 spiro atoms. The van der Waals surface area contributed by atoms with Gasteiger partial charge in [0.05, 0.1) is 12.4 Å². The zero-order chi connectivity index (χ0) is 7.56. The summed E-state index contributed by atoms with van der Waals surface area (Å²) < 4.78 is 1.21. The topological polar surface area (TPSA) is 73.8 Å². The van der Waals surface area contributed by atoms with E-state index in [0.717, 1.165) is 0 Å². The standard InChI is InChI=1S/C5H6N4O/c1-4(5(6)10)9-3-2-7-8-9/h2-3H,1H2,(H2,6,10). The van der Waals surface area contributed by atoms with Crippen LogP contribution < -0.4 is 5.73 Å². The van der Waals surface area contributed by atoms with Gasteiger partial charge in [0.1, 0.15) is 5.70 Å².